The summed E-state index contributed by atoms with van der Waals surface area (Å²) in [5.41, 5.74) is 1.09. The number of hydrogen-bond donors (Lipinski definition) is 1. The highest BCUT2D eigenvalue weighted by molar-refractivity contribution is 14.0. The first kappa shape index (κ1) is 25.2. The largest absolute Gasteiger partial charge is 0.493 e. The van der Waals surface area contributed by atoms with Crippen LogP contribution in [0.5, 0.6) is 17.2 Å². The summed E-state index contributed by atoms with van der Waals surface area (Å²) in [4.78, 5) is 7.02. The standard InChI is InChI=1S/C22H35N3O3S.HI/c1-23-21(25-14-15-29-22(16-25)11-6-5-7-12-22)24-13-10-17-8-9-18(26-2)20(28-4)19(17)27-3;/h8-9H,5-7,10-16H2,1-4H3,(H,23,24);1H. The van der Waals surface area contributed by atoms with Gasteiger partial charge in [-0.25, -0.2) is 0 Å². The van der Waals surface area contributed by atoms with Crippen molar-refractivity contribution in [3.05, 3.63) is 17.7 Å². The Morgan fingerprint density at radius 1 is 1.10 bits per heavy atom. The van der Waals surface area contributed by atoms with Gasteiger partial charge >= 0.3 is 0 Å². The number of thioether (sulfide) groups is 1. The van der Waals surface area contributed by atoms with Gasteiger partial charge in [-0.05, 0) is 25.3 Å². The van der Waals surface area contributed by atoms with Crippen LogP contribution in [0.2, 0.25) is 0 Å². The molecule has 0 amide bonds. The van der Waals surface area contributed by atoms with Crippen LogP contribution in [0.1, 0.15) is 37.7 Å². The predicted molar refractivity (Wildman–Crippen MR) is 136 cm³/mol. The summed E-state index contributed by atoms with van der Waals surface area (Å²) in [7, 11) is 6.83. The van der Waals surface area contributed by atoms with Crippen LogP contribution in [0.15, 0.2) is 17.1 Å². The molecule has 1 saturated heterocycles. The molecule has 1 heterocycles. The fraction of sp³-hybridized carbons (Fsp3) is 0.682. The first-order valence-electron chi connectivity index (χ1n) is 10.5. The third-order valence-corrected chi connectivity index (χ3v) is 7.52. The number of nitrogens with one attached hydrogen (secondary N) is 1. The van der Waals surface area contributed by atoms with E-state index in [1.54, 1.807) is 21.3 Å². The average Bonchev–Trinajstić information content (AvgIpc) is 2.76. The number of ether oxygens (including phenoxy) is 3. The van der Waals surface area contributed by atoms with Gasteiger partial charge in [0.25, 0.3) is 0 Å². The molecule has 0 radical (unpaired) electrons. The van der Waals surface area contributed by atoms with E-state index in [-0.39, 0.29) is 24.0 Å². The van der Waals surface area contributed by atoms with Gasteiger partial charge in [0.15, 0.2) is 17.5 Å². The fourth-order valence-electron chi connectivity index (χ4n) is 4.53. The minimum Gasteiger partial charge on any atom is -0.493 e. The van der Waals surface area contributed by atoms with E-state index in [9.17, 15) is 0 Å². The van der Waals surface area contributed by atoms with Crippen molar-refractivity contribution in [1.82, 2.24) is 10.2 Å². The molecule has 0 bridgehead atoms. The normalized spacial score (nSPS) is 18.5. The molecule has 6 nitrogen and oxygen atoms in total. The van der Waals surface area contributed by atoms with Gasteiger partial charge in [0.1, 0.15) is 0 Å². The van der Waals surface area contributed by atoms with E-state index < -0.39 is 0 Å². The summed E-state index contributed by atoms with van der Waals surface area (Å²) in [6.45, 7) is 2.96. The number of hydrogen-bond acceptors (Lipinski definition) is 5. The zero-order chi connectivity index (χ0) is 20.7. The van der Waals surface area contributed by atoms with Crippen molar-refractivity contribution in [1.29, 1.82) is 0 Å². The van der Waals surface area contributed by atoms with Gasteiger partial charge in [-0.3, -0.25) is 4.99 Å². The first-order chi connectivity index (χ1) is 14.2. The summed E-state index contributed by atoms with van der Waals surface area (Å²) in [5.74, 6) is 4.25. The lowest BCUT2D eigenvalue weighted by molar-refractivity contribution is 0.293. The Balaban J connectivity index is 0.00000320. The van der Waals surface area contributed by atoms with Gasteiger partial charge < -0.3 is 24.4 Å². The second-order valence-corrected chi connectivity index (χ2v) is 9.29. The summed E-state index contributed by atoms with van der Waals surface area (Å²) >= 11 is 2.18. The maximum absolute atomic E-state index is 5.61. The van der Waals surface area contributed by atoms with Crippen molar-refractivity contribution >= 4 is 41.7 Å². The molecule has 1 aromatic rings. The van der Waals surface area contributed by atoms with Crippen LogP contribution >= 0.6 is 35.7 Å². The molecule has 2 fully saturated rings. The third kappa shape index (κ3) is 5.81. The minimum absolute atomic E-state index is 0. The number of benzene rings is 1. The summed E-state index contributed by atoms with van der Waals surface area (Å²) in [6.07, 6.45) is 7.62. The molecule has 170 valence electrons. The molecule has 1 aromatic carbocycles. The van der Waals surface area contributed by atoms with Crippen molar-refractivity contribution in [3.8, 4) is 17.2 Å². The van der Waals surface area contributed by atoms with Crippen molar-refractivity contribution in [2.24, 2.45) is 4.99 Å². The molecule has 1 aliphatic heterocycles. The van der Waals surface area contributed by atoms with Crippen LogP contribution in [-0.4, -0.2) is 69.4 Å². The van der Waals surface area contributed by atoms with E-state index >= 15 is 0 Å². The maximum Gasteiger partial charge on any atom is 0.203 e. The van der Waals surface area contributed by atoms with Crippen LogP contribution in [0.25, 0.3) is 0 Å². The lowest BCUT2D eigenvalue weighted by atomic mass is 9.87. The van der Waals surface area contributed by atoms with E-state index in [1.165, 1.54) is 37.9 Å². The third-order valence-electron chi connectivity index (χ3n) is 5.99. The Morgan fingerprint density at radius 3 is 2.47 bits per heavy atom. The van der Waals surface area contributed by atoms with Crippen molar-refractivity contribution in [3.63, 3.8) is 0 Å². The second-order valence-electron chi connectivity index (χ2n) is 7.73. The van der Waals surface area contributed by atoms with E-state index in [1.807, 2.05) is 19.2 Å². The lowest BCUT2D eigenvalue weighted by Gasteiger charge is -2.45. The molecule has 1 N–H and O–H groups in total. The highest BCUT2D eigenvalue weighted by Crippen LogP contribution is 2.43. The Morgan fingerprint density at radius 2 is 1.83 bits per heavy atom. The first-order valence-corrected chi connectivity index (χ1v) is 11.5. The molecule has 3 rings (SSSR count). The number of aliphatic imine (C=N–C) groups is 1. The number of methoxy groups -OCH3 is 3. The van der Waals surface area contributed by atoms with Crippen molar-refractivity contribution in [2.45, 2.75) is 43.3 Å². The SMILES string of the molecule is CN=C(NCCc1ccc(OC)c(OC)c1OC)N1CCSC2(CCCCC2)C1.I. The summed E-state index contributed by atoms with van der Waals surface area (Å²) in [6, 6.07) is 3.97. The van der Waals surface area contributed by atoms with Gasteiger partial charge in [0.2, 0.25) is 5.75 Å². The molecular weight excluding hydrogens is 513 g/mol. The zero-order valence-corrected chi connectivity index (χ0v) is 21.8. The molecule has 2 aliphatic rings. The van der Waals surface area contributed by atoms with Crippen molar-refractivity contribution < 1.29 is 14.2 Å². The monoisotopic (exact) mass is 549 g/mol. The quantitative estimate of drug-likeness (QED) is 0.326. The summed E-state index contributed by atoms with van der Waals surface area (Å²) < 4.78 is 16.9. The average molecular weight is 550 g/mol. The number of nitrogens with zero attached hydrogens (tertiary/aromatic N) is 2. The number of rotatable bonds is 6. The molecule has 1 saturated carbocycles. The van der Waals surface area contributed by atoms with E-state index in [0.29, 0.717) is 16.2 Å². The number of guanidine groups is 1. The van der Waals surface area contributed by atoms with Gasteiger partial charge in [0, 0.05) is 42.7 Å². The van der Waals surface area contributed by atoms with Crippen LogP contribution in [0.3, 0.4) is 0 Å². The fourth-order valence-corrected chi connectivity index (χ4v) is 6.09. The van der Waals surface area contributed by atoms with Crippen LogP contribution in [0, 0.1) is 0 Å². The molecule has 30 heavy (non-hydrogen) atoms. The van der Waals surface area contributed by atoms with Gasteiger partial charge in [-0.15, -0.1) is 24.0 Å². The van der Waals surface area contributed by atoms with Crippen LogP contribution in [0.4, 0.5) is 0 Å². The molecule has 1 spiro atoms. The Labute approximate surface area is 202 Å². The molecular formula is C22H36IN3O3S. The van der Waals surface area contributed by atoms with E-state index in [0.717, 1.165) is 43.3 Å². The van der Waals surface area contributed by atoms with Gasteiger partial charge in [-0.2, -0.15) is 11.8 Å². The highest BCUT2D eigenvalue weighted by atomic mass is 127. The van der Waals surface area contributed by atoms with E-state index in [2.05, 4.69) is 27.0 Å². The van der Waals surface area contributed by atoms with Crippen molar-refractivity contribution in [2.75, 3.05) is 53.8 Å². The van der Waals surface area contributed by atoms with Gasteiger partial charge in [-0.1, -0.05) is 25.3 Å². The van der Waals surface area contributed by atoms with E-state index in [4.69, 9.17) is 14.2 Å². The smallest absolute Gasteiger partial charge is 0.203 e. The van der Waals surface area contributed by atoms with Crippen LogP contribution < -0.4 is 19.5 Å². The topological polar surface area (TPSA) is 55.3 Å². The molecule has 0 atom stereocenters. The second kappa shape index (κ2) is 12.1. The molecule has 0 unspecified atom stereocenters. The Hall–Kier alpha value is -1.03. The van der Waals surface area contributed by atoms with Gasteiger partial charge in [0.05, 0.1) is 21.3 Å². The lowest BCUT2D eigenvalue weighted by Crippen LogP contribution is -2.53. The minimum atomic E-state index is 0. The Bertz CT molecular complexity index is 706. The Kier molecular flexibility index (Phi) is 10.2. The predicted octanol–water partition coefficient (Wildman–Crippen LogP) is 4.20. The zero-order valence-electron chi connectivity index (χ0n) is 18.7. The summed E-state index contributed by atoms with van der Waals surface area (Å²) in [5, 5.41) is 3.57. The van der Waals surface area contributed by atoms with Crippen LogP contribution in [-0.2, 0) is 6.42 Å². The highest BCUT2D eigenvalue weighted by Gasteiger charge is 2.38. The molecule has 8 heteroatoms. The molecule has 1 aliphatic carbocycles. The number of halogens is 1. The molecule has 0 aromatic heterocycles. The maximum atomic E-state index is 5.61.